The molecule has 1 heterocycles. The first-order valence-corrected chi connectivity index (χ1v) is 6.72. The maximum absolute atomic E-state index is 14.0. The molecular formula is C14H17F3N4. The first-order valence-electron chi connectivity index (χ1n) is 6.72. The van der Waals surface area contributed by atoms with Crippen LogP contribution in [0.1, 0.15) is 26.0 Å². The van der Waals surface area contributed by atoms with Gasteiger partial charge in [-0.2, -0.15) is 0 Å². The lowest BCUT2D eigenvalue weighted by Crippen LogP contribution is -2.08. The molecule has 4 nitrogen and oxygen atoms in total. The summed E-state index contributed by atoms with van der Waals surface area (Å²) in [5, 5.41) is 7.82. The van der Waals surface area contributed by atoms with Crippen molar-refractivity contribution in [3.05, 3.63) is 35.3 Å². The number of aryl methyl sites for hydroxylation is 1. The Kier molecular flexibility index (Phi) is 4.62. The molecule has 2 rings (SSSR count). The van der Waals surface area contributed by atoms with Gasteiger partial charge >= 0.3 is 0 Å². The zero-order valence-electron chi connectivity index (χ0n) is 11.9. The third-order valence-corrected chi connectivity index (χ3v) is 3.21. The second-order valence-electron chi connectivity index (χ2n) is 5.22. The van der Waals surface area contributed by atoms with E-state index in [0.29, 0.717) is 23.9 Å². The van der Waals surface area contributed by atoms with Crippen LogP contribution in [0.2, 0.25) is 0 Å². The van der Waals surface area contributed by atoms with E-state index in [4.69, 9.17) is 5.73 Å². The molecule has 7 heteroatoms. The Bertz CT molecular complexity index is 637. The van der Waals surface area contributed by atoms with E-state index < -0.39 is 17.5 Å². The van der Waals surface area contributed by atoms with Crippen LogP contribution in [0.4, 0.5) is 13.2 Å². The molecule has 1 aromatic carbocycles. The summed E-state index contributed by atoms with van der Waals surface area (Å²) in [5.41, 5.74) is 6.14. The third-order valence-electron chi connectivity index (χ3n) is 3.21. The van der Waals surface area contributed by atoms with E-state index in [1.807, 2.05) is 13.8 Å². The summed E-state index contributed by atoms with van der Waals surface area (Å²) in [6.45, 7) is 4.62. The van der Waals surface area contributed by atoms with Crippen molar-refractivity contribution in [1.29, 1.82) is 0 Å². The molecule has 114 valence electrons. The highest BCUT2D eigenvalue weighted by Gasteiger charge is 2.21. The summed E-state index contributed by atoms with van der Waals surface area (Å²) >= 11 is 0. The van der Waals surface area contributed by atoms with Crippen LogP contribution in [-0.4, -0.2) is 15.0 Å². The summed E-state index contributed by atoms with van der Waals surface area (Å²) in [5.74, 6) is -3.57. The van der Waals surface area contributed by atoms with Crippen LogP contribution in [0.15, 0.2) is 12.1 Å². The van der Waals surface area contributed by atoms with Gasteiger partial charge in [-0.05, 0) is 24.5 Å². The van der Waals surface area contributed by atoms with Crippen LogP contribution in [0.3, 0.4) is 0 Å². The lowest BCUT2D eigenvalue weighted by atomic mass is 10.1. The SMILES string of the molecule is CC(C)CCn1nnc(CN)c1-c1ccc(F)c(F)c1F. The zero-order valence-corrected chi connectivity index (χ0v) is 11.9. The van der Waals surface area contributed by atoms with Gasteiger partial charge in [-0.25, -0.2) is 17.9 Å². The molecule has 0 aliphatic carbocycles. The first-order chi connectivity index (χ1) is 9.95. The van der Waals surface area contributed by atoms with Crippen LogP contribution in [0, 0.1) is 23.4 Å². The van der Waals surface area contributed by atoms with Crippen molar-refractivity contribution in [3.8, 4) is 11.3 Å². The Morgan fingerprint density at radius 3 is 2.52 bits per heavy atom. The topological polar surface area (TPSA) is 56.7 Å². The number of halogens is 3. The summed E-state index contributed by atoms with van der Waals surface area (Å²) in [6, 6.07) is 2.06. The van der Waals surface area contributed by atoms with Crippen molar-refractivity contribution in [2.45, 2.75) is 33.4 Å². The molecule has 0 unspecified atom stereocenters. The molecule has 1 aromatic heterocycles. The molecule has 0 atom stereocenters. The normalized spacial score (nSPS) is 11.4. The molecule has 0 aliphatic rings. The summed E-state index contributed by atoms with van der Waals surface area (Å²) in [7, 11) is 0. The van der Waals surface area contributed by atoms with Gasteiger partial charge in [0.05, 0.1) is 5.69 Å². The Balaban J connectivity index is 2.51. The fourth-order valence-electron chi connectivity index (χ4n) is 2.03. The molecule has 0 saturated heterocycles. The van der Waals surface area contributed by atoms with Gasteiger partial charge in [0, 0.05) is 18.7 Å². The average molecular weight is 298 g/mol. The molecule has 0 radical (unpaired) electrons. The molecule has 0 saturated carbocycles. The predicted molar refractivity (Wildman–Crippen MR) is 72.7 cm³/mol. The molecule has 0 aliphatic heterocycles. The second-order valence-corrected chi connectivity index (χ2v) is 5.22. The van der Waals surface area contributed by atoms with Gasteiger partial charge in [0.15, 0.2) is 17.5 Å². The van der Waals surface area contributed by atoms with Crippen molar-refractivity contribution in [2.24, 2.45) is 11.7 Å². The number of nitrogens with two attached hydrogens (primary N) is 1. The lowest BCUT2D eigenvalue weighted by molar-refractivity contribution is 0.446. The smallest absolute Gasteiger partial charge is 0.195 e. The van der Waals surface area contributed by atoms with E-state index in [0.717, 1.165) is 12.5 Å². The summed E-state index contributed by atoms with van der Waals surface area (Å²) in [4.78, 5) is 0. The Hall–Kier alpha value is -1.89. The van der Waals surface area contributed by atoms with Crippen LogP contribution in [-0.2, 0) is 13.1 Å². The van der Waals surface area contributed by atoms with E-state index in [-0.39, 0.29) is 12.1 Å². The number of hydrogen-bond donors (Lipinski definition) is 1. The van der Waals surface area contributed by atoms with Crippen LogP contribution in [0.5, 0.6) is 0 Å². The highest BCUT2D eigenvalue weighted by atomic mass is 19.2. The van der Waals surface area contributed by atoms with E-state index in [2.05, 4.69) is 10.3 Å². The summed E-state index contributed by atoms with van der Waals surface area (Å²) in [6.07, 6.45) is 0.797. The molecule has 0 bridgehead atoms. The van der Waals surface area contributed by atoms with E-state index in [1.165, 1.54) is 10.7 Å². The molecular weight excluding hydrogens is 281 g/mol. The number of nitrogens with zero attached hydrogens (tertiary/aromatic N) is 3. The maximum atomic E-state index is 14.0. The molecule has 0 fully saturated rings. The number of hydrogen-bond acceptors (Lipinski definition) is 3. The Morgan fingerprint density at radius 2 is 1.90 bits per heavy atom. The number of aromatic nitrogens is 3. The van der Waals surface area contributed by atoms with Crippen molar-refractivity contribution in [1.82, 2.24) is 15.0 Å². The van der Waals surface area contributed by atoms with Crippen molar-refractivity contribution in [2.75, 3.05) is 0 Å². The van der Waals surface area contributed by atoms with Gasteiger partial charge in [0.25, 0.3) is 0 Å². The van der Waals surface area contributed by atoms with Gasteiger partial charge < -0.3 is 5.73 Å². The minimum atomic E-state index is -1.51. The van der Waals surface area contributed by atoms with Gasteiger partial charge in [-0.3, -0.25) is 0 Å². The van der Waals surface area contributed by atoms with Gasteiger partial charge in [-0.15, -0.1) is 5.10 Å². The minimum Gasteiger partial charge on any atom is -0.325 e. The number of benzene rings is 1. The van der Waals surface area contributed by atoms with Crippen molar-refractivity contribution >= 4 is 0 Å². The lowest BCUT2D eigenvalue weighted by Gasteiger charge is -2.10. The average Bonchev–Trinajstić information content (AvgIpc) is 2.85. The van der Waals surface area contributed by atoms with Crippen LogP contribution >= 0.6 is 0 Å². The quantitative estimate of drug-likeness (QED) is 0.864. The standard InChI is InChI=1S/C14H17F3N4/c1-8(2)5-6-21-14(11(7-18)19-20-21)9-3-4-10(15)13(17)12(9)16/h3-4,8H,5-7,18H2,1-2H3. The van der Waals surface area contributed by atoms with Crippen molar-refractivity contribution < 1.29 is 13.2 Å². The summed E-state index contributed by atoms with van der Waals surface area (Å²) < 4.78 is 42.0. The fraction of sp³-hybridized carbons (Fsp3) is 0.429. The highest BCUT2D eigenvalue weighted by molar-refractivity contribution is 5.62. The molecule has 0 amide bonds. The van der Waals surface area contributed by atoms with Crippen LogP contribution < -0.4 is 5.73 Å². The second kappa shape index (κ2) is 6.26. The molecule has 0 spiro atoms. The maximum Gasteiger partial charge on any atom is 0.195 e. The largest absolute Gasteiger partial charge is 0.325 e. The van der Waals surface area contributed by atoms with Gasteiger partial charge in [-0.1, -0.05) is 19.1 Å². The monoisotopic (exact) mass is 298 g/mol. The van der Waals surface area contributed by atoms with Crippen LogP contribution in [0.25, 0.3) is 11.3 Å². The highest BCUT2D eigenvalue weighted by Crippen LogP contribution is 2.28. The van der Waals surface area contributed by atoms with Gasteiger partial charge in [0.2, 0.25) is 0 Å². The predicted octanol–water partition coefficient (Wildman–Crippen LogP) is 2.87. The molecule has 2 aromatic rings. The third kappa shape index (κ3) is 3.07. The van der Waals surface area contributed by atoms with E-state index in [9.17, 15) is 13.2 Å². The Labute approximate surface area is 120 Å². The van der Waals surface area contributed by atoms with Gasteiger partial charge in [0.1, 0.15) is 5.69 Å². The van der Waals surface area contributed by atoms with Crippen molar-refractivity contribution in [3.63, 3.8) is 0 Å². The zero-order chi connectivity index (χ0) is 15.6. The number of rotatable bonds is 5. The first kappa shape index (κ1) is 15.5. The fourth-order valence-corrected chi connectivity index (χ4v) is 2.03. The molecule has 21 heavy (non-hydrogen) atoms. The van der Waals surface area contributed by atoms with E-state index >= 15 is 0 Å². The molecule has 2 N–H and O–H groups in total. The Morgan fingerprint density at radius 1 is 1.19 bits per heavy atom. The minimum absolute atomic E-state index is 0.0372. The van der Waals surface area contributed by atoms with E-state index in [1.54, 1.807) is 0 Å².